The molecule has 0 aromatic carbocycles. The summed E-state index contributed by atoms with van der Waals surface area (Å²) in [5, 5.41) is 17.8. The third kappa shape index (κ3) is 27.5. The summed E-state index contributed by atoms with van der Waals surface area (Å²) in [5.74, 6) is 0. The molecular weight excluding hydrogens is 416 g/mol. The Morgan fingerprint density at radius 3 is 1.06 bits per heavy atom. The molecule has 0 bridgehead atoms. The number of hydrogen-bond donors (Lipinski definition) is 2. The van der Waals surface area contributed by atoms with Gasteiger partial charge in [-0.05, 0) is 6.92 Å². The second-order valence-electron chi connectivity index (χ2n) is 6.00. The summed E-state index contributed by atoms with van der Waals surface area (Å²) in [7, 11) is 0. The molecular formula is C20H42O11. The van der Waals surface area contributed by atoms with E-state index in [9.17, 15) is 5.11 Å². The molecule has 0 aromatic heterocycles. The highest BCUT2D eigenvalue weighted by molar-refractivity contribution is 4.39. The second kappa shape index (κ2) is 27.6. The van der Waals surface area contributed by atoms with Crippen molar-refractivity contribution < 1.29 is 52.8 Å². The van der Waals surface area contributed by atoms with Crippen molar-refractivity contribution in [1.82, 2.24) is 0 Å². The average Bonchev–Trinajstić information content (AvgIpc) is 2.77. The van der Waals surface area contributed by atoms with Crippen molar-refractivity contribution in [3.63, 3.8) is 0 Å². The molecule has 11 nitrogen and oxygen atoms in total. The molecule has 0 aliphatic heterocycles. The van der Waals surface area contributed by atoms with Gasteiger partial charge in [0, 0.05) is 6.61 Å². The number of aliphatic hydroxyl groups excluding tert-OH is 2. The third-order valence-electron chi connectivity index (χ3n) is 3.46. The highest BCUT2D eigenvalue weighted by Crippen LogP contribution is 1.89. The van der Waals surface area contributed by atoms with Gasteiger partial charge in [0.25, 0.3) is 0 Å². The number of ether oxygens (including phenoxy) is 9. The minimum absolute atomic E-state index is 0.0263. The standard InChI is InChI=1S/C20H42O11/c1-2-31-20(22)19-30-18-17-29-16-15-28-14-13-27-12-11-26-10-9-25-8-7-24-6-5-23-4-3-21/h20-22H,2-19H2,1H3. The van der Waals surface area contributed by atoms with Crippen LogP contribution in [0.25, 0.3) is 0 Å². The zero-order valence-corrected chi connectivity index (χ0v) is 18.9. The normalized spacial score (nSPS) is 12.5. The van der Waals surface area contributed by atoms with E-state index in [4.69, 9.17) is 47.7 Å². The summed E-state index contributed by atoms with van der Waals surface area (Å²) in [6, 6.07) is 0. The molecule has 0 rings (SSSR count). The van der Waals surface area contributed by atoms with Crippen LogP contribution in [0.2, 0.25) is 0 Å². The fourth-order valence-electron chi connectivity index (χ4n) is 2.03. The van der Waals surface area contributed by atoms with E-state index in [0.29, 0.717) is 106 Å². The molecule has 1 unspecified atom stereocenters. The molecule has 0 amide bonds. The first-order chi connectivity index (χ1) is 15.3. The van der Waals surface area contributed by atoms with Crippen LogP contribution in [0.1, 0.15) is 6.92 Å². The summed E-state index contributed by atoms with van der Waals surface area (Å²) in [6.07, 6.45) is -0.882. The molecule has 0 aromatic rings. The van der Waals surface area contributed by atoms with Gasteiger partial charge in [0.15, 0.2) is 6.29 Å². The predicted molar refractivity (Wildman–Crippen MR) is 111 cm³/mol. The number of aliphatic hydroxyl groups is 2. The molecule has 1 atom stereocenters. The predicted octanol–water partition coefficient (Wildman–Crippen LogP) is -0.534. The maximum Gasteiger partial charge on any atom is 0.178 e. The lowest BCUT2D eigenvalue weighted by molar-refractivity contribution is -0.138. The van der Waals surface area contributed by atoms with E-state index in [0.717, 1.165) is 0 Å². The first-order valence-corrected chi connectivity index (χ1v) is 10.8. The van der Waals surface area contributed by atoms with Crippen molar-refractivity contribution in [3.8, 4) is 0 Å². The third-order valence-corrected chi connectivity index (χ3v) is 3.46. The van der Waals surface area contributed by atoms with Gasteiger partial charge < -0.3 is 52.8 Å². The Hall–Kier alpha value is -0.440. The van der Waals surface area contributed by atoms with Crippen LogP contribution in [-0.2, 0) is 42.6 Å². The van der Waals surface area contributed by atoms with E-state index in [-0.39, 0.29) is 13.2 Å². The molecule has 0 heterocycles. The van der Waals surface area contributed by atoms with Crippen LogP contribution in [0.3, 0.4) is 0 Å². The molecule has 0 radical (unpaired) electrons. The monoisotopic (exact) mass is 458 g/mol. The lowest BCUT2D eigenvalue weighted by Crippen LogP contribution is -2.20. The van der Waals surface area contributed by atoms with Crippen LogP contribution < -0.4 is 0 Å². The zero-order chi connectivity index (χ0) is 22.7. The summed E-state index contributed by atoms with van der Waals surface area (Å²) >= 11 is 0. The quantitative estimate of drug-likeness (QED) is 0.122. The highest BCUT2D eigenvalue weighted by atomic mass is 16.6. The summed E-state index contributed by atoms with van der Waals surface area (Å²) < 4.78 is 47.4. The summed E-state index contributed by atoms with van der Waals surface area (Å²) in [5.41, 5.74) is 0. The van der Waals surface area contributed by atoms with E-state index < -0.39 is 6.29 Å². The molecule has 0 saturated heterocycles. The molecule has 0 aliphatic carbocycles. The van der Waals surface area contributed by atoms with Gasteiger partial charge in [-0.15, -0.1) is 0 Å². The van der Waals surface area contributed by atoms with E-state index in [1.165, 1.54) is 0 Å². The Bertz CT molecular complexity index is 324. The Kier molecular flexibility index (Phi) is 27.2. The molecule has 0 aliphatic rings. The Balaban J connectivity index is 3.02. The Morgan fingerprint density at radius 1 is 0.484 bits per heavy atom. The van der Waals surface area contributed by atoms with Crippen LogP contribution in [-0.4, -0.2) is 135 Å². The maximum atomic E-state index is 9.28. The van der Waals surface area contributed by atoms with E-state index >= 15 is 0 Å². The SMILES string of the molecule is CCOC(O)COCCOCCOCCOCCOCCOCCOCCOCCO. The Labute approximate surface area is 185 Å². The summed E-state index contributed by atoms with van der Waals surface area (Å²) in [6.45, 7) is 9.53. The van der Waals surface area contributed by atoms with Crippen molar-refractivity contribution >= 4 is 0 Å². The molecule has 188 valence electrons. The first-order valence-electron chi connectivity index (χ1n) is 10.8. The van der Waals surface area contributed by atoms with Crippen LogP contribution in [0.5, 0.6) is 0 Å². The van der Waals surface area contributed by atoms with Gasteiger partial charge in [0.05, 0.1) is 112 Å². The lowest BCUT2D eigenvalue weighted by atomic mass is 10.6. The minimum atomic E-state index is -0.882. The van der Waals surface area contributed by atoms with Gasteiger partial charge in [-0.2, -0.15) is 0 Å². The molecule has 0 fully saturated rings. The average molecular weight is 459 g/mol. The Morgan fingerprint density at radius 2 is 0.774 bits per heavy atom. The van der Waals surface area contributed by atoms with Gasteiger partial charge in [-0.3, -0.25) is 0 Å². The molecule has 0 spiro atoms. The van der Waals surface area contributed by atoms with Gasteiger partial charge in [-0.1, -0.05) is 0 Å². The van der Waals surface area contributed by atoms with Crippen LogP contribution >= 0.6 is 0 Å². The van der Waals surface area contributed by atoms with Crippen molar-refractivity contribution in [2.75, 3.05) is 119 Å². The van der Waals surface area contributed by atoms with Gasteiger partial charge in [-0.25, -0.2) is 0 Å². The molecule has 2 N–H and O–H groups in total. The molecule has 31 heavy (non-hydrogen) atoms. The van der Waals surface area contributed by atoms with E-state index in [1.807, 2.05) is 6.92 Å². The van der Waals surface area contributed by atoms with Gasteiger partial charge >= 0.3 is 0 Å². The van der Waals surface area contributed by atoms with E-state index in [1.54, 1.807) is 0 Å². The second-order valence-corrected chi connectivity index (χ2v) is 6.00. The number of hydrogen-bond acceptors (Lipinski definition) is 11. The van der Waals surface area contributed by atoms with Crippen molar-refractivity contribution in [1.29, 1.82) is 0 Å². The largest absolute Gasteiger partial charge is 0.394 e. The van der Waals surface area contributed by atoms with Gasteiger partial charge in [0.2, 0.25) is 0 Å². The van der Waals surface area contributed by atoms with Crippen LogP contribution in [0.15, 0.2) is 0 Å². The highest BCUT2D eigenvalue weighted by Gasteiger charge is 2.01. The fourth-order valence-corrected chi connectivity index (χ4v) is 2.03. The number of rotatable bonds is 27. The van der Waals surface area contributed by atoms with E-state index in [2.05, 4.69) is 0 Å². The zero-order valence-electron chi connectivity index (χ0n) is 18.9. The molecule has 11 heteroatoms. The van der Waals surface area contributed by atoms with Crippen molar-refractivity contribution in [2.45, 2.75) is 13.2 Å². The minimum Gasteiger partial charge on any atom is -0.394 e. The van der Waals surface area contributed by atoms with Crippen molar-refractivity contribution in [2.24, 2.45) is 0 Å². The van der Waals surface area contributed by atoms with Crippen molar-refractivity contribution in [3.05, 3.63) is 0 Å². The van der Waals surface area contributed by atoms with Crippen LogP contribution in [0, 0.1) is 0 Å². The smallest absolute Gasteiger partial charge is 0.178 e. The summed E-state index contributed by atoms with van der Waals surface area (Å²) in [4.78, 5) is 0. The molecule has 0 saturated carbocycles. The topological polar surface area (TPSA) is 124 Å². The maximum absolute atomic E-state index is 9.28. The first kappa shape index (κ1) is 30.6. The lowest BCUT2D eigenvalue weighted by Gasteiger charge is -2.11. The van der Waals surface area contributed by atoms with Gasteiger partial charge in [0.1, 0.15) is 0 Å². The fraction of sp³-hybridized carbons (Fsp3) is 1.00. The van der Waals surface area contributed by atoms with Crippen LogP contribution in [0.4, 0.5) is 0 Å².